The van der Waals surface area contributed by atoms with Crippen molar-refractivity contribution in [3.63, 3.8) is 0 Å². The molecule has 2 aromatic carbocycles. The summed E-state index contributed by atoms with van der Waals surface area (Å²) in [7, 11) is 0. The Morgan fingerprint density at radius 1 is 1.22 bits per heavy atom. The number of thiazole rings is 1. The second-order valence-electron chi connectivity index (χ2n) is 8.12. The fourth-order valence-electron chi connectivity index (χ4n) is 4.11. The van der Waals surface area contributed by atoms with Crippen LogP contribution in [-0.4, -0.2) is 60.9 Å². The molecular formula is C25H31N3O2S2. The summed E-state index contributed by atoms with van der Waals surface area (Å²) in [6, 6.07) is 12.3. The van der Waals surface area contributed by atoms with Crippen LogP contribution in [0.5, 0.6) is 0 Å². The average Bonchev–Trinajstić information content (AvgIpc) is 3.22. The van der Waals surface area contributed by atoms with Gasteiger partial charge in [0.2, 0.25) is 0 Å². The molecule has 0 unspecified atom stereocenters. The highest BCUT2D eigenvalue weighted by atomic mass is 32.2. The summed E-state index contributed by atoms with van der Waals surface area (Å²) in [6.07, 6.45) is 0.906. The third-order valence-corrected chi connectivity index (χ3v) is 7.65. The van der Waals surface area contributed by atoms with E-state index in [1.54, 1.807) is 23.1 Å². The number of hydrogen-bond donors (Lipinski definition) is 0. The number of carbonyl (C=O) groups excluding carboxylic acids is 1. The zero-order valence-electron chi connectivity index (χ0n) is 19.1. The number of carbonyl (C=O) groups is 1. The third kappa shape index (κ3) is 5.34. The first kappa shape index (κ1) is 23.2. The van der Waals surface area contributed by atoms with Crippen molar-refractivity contribution in [2.75, 3.05) is 50.0 Å². The second kappa shape index (κ2) is 10.8. The van der Waals surface area contributed by atoms with Gasteiger partial charge in [-0.2, -0.15) is 0 Å². The number of ether oxygens (including phenoxy) is 1. The Kier molecular flexibility index (Phi) is 7.84. The van der Waals surface area contributed by atoms with Gasteiger partial charge in [0.05, 0.1) is 29.0 Å². The predicted molar refractivity (Wildman–Crippen MR) is 135 cm³/mol. The van der Waals surface area contributed by atoms with Crippen LogP contribution < -0.4 is 4.90 Å². The largest absolute Gasteiger partial charge is 0.379 e. The second-order valence-corrected chi connectivity index (χ2v) is 10.4. The predicted octanol–water partition coefficient (Wildman–Crippen LogP) is 5.39. The molecule has 1 amide bonds. The molecule has 0 atom stereocenters. The number of fused-ring (bicyclic) bond motifs is 1. The highest BCUT2D eigenvalue weighted by molar-refractivity contribution is 7.99. The number of aryl methyl sites for hydroxylation is 2. The van der Waals surface area contributed by atoms with Crippen LogP contribution in [0, 0.1) is 13.8 Å². The summed E-state index contributed by atoms with van der Waals surface area (Å²) in [5, 5.41) is 0.789. The van der Waals surface area contributed by atoms with Gasteiger partial charge >= 0.3 is 0 Å². The van der Waals surface area contributed by atoms with Crippen molar-refractivity contribution in [1.29, 1.82) is 0 Å². The zero-order chi connectivity index (χ0) is 22.5. The molecule has 1 fully saturated rings. The number of rotatable bonds is 8. The van der Waals surface area contributed by atoms with Gasteiger partial charge in [0, 0.05) is 31.1 Å². The number of amides is 1. The number of benzene rings is 2. The monoisotopic (exact) mass is 469 g/mol. The maximum atomic E-state index is 13.8. The van der Waals surface area contributed by atoms with Crippen LogP contribution in [0.2, 0.25) is 0 Å². The molecule has 5 nitrogen and oxygen atoms in total. The molecule has 1 aliphatic heterocycles. The Morgan fingerprint density at radius 2 is 2.00 bits per heavy atom. The van der Waals surface area contributed by atoms with Gasteiger partial charge in [-0.25, -0.2) is 4.98 Å². The molecule has 0 spiro atoms. The molecular weight excluding hydrogens is 438 g/mol. The molecule has 1 saturated heterocycles. The number of nitrogens with zero attached hydrogens (tertiary/aromatic N) is 3. The zero-order valence-corrected chi connectivity index (χ0v) is 20.7. The van der Waals surface area contributed by atoms with Gasteiger partial charge in [0.15, 0.2) is 5.13 Å². The van der Waals surface area contributed by atoms with Crippen molar-refractivity contribution in [2.24, 2.45) is 0 Å². The molecule has 0 aliphatic carbocycles. The van der Waals surface area contributed by atoms with Gasteiger partial charge in [0.1, 0.15) is 0 Å². The van der Waals surface area contributed by atoms with Crippen LogP contribution in [0.25, 0.3) is 10.2 Å². The lowest BCUT2D eigenvalue weighted by atomic mass is 10.1. The molecule has 1 aromatic heterocycles. The number of morpholine rings is 1. The minimum absolute atomic E-state index is 0.0389. The Morgan fingerprint density at radius 3 is 2.78 bits per heavy atom. The standard InChI is InChI=1S/C25H31N3O2S2/c1-4-31-21-9-6-5-8-20(21)24(29)28(11-7-10-27-12-14-30-15-13-27)25-26-23-19(3)16-18(2)17-22(23)32-25/h5-6,8-9,16-17H,4,7,10-15H2,1-3H3. The van der Waals surface area contributed by atoms with Crippen molar-refractivity contribution in [3.8, 4) is 0 Å². The minimum Gasteiger partial charge on any atom is -0.379 e. The SMILES string of the molecule is CCSc1ccccc1C(=O)N(CCCN1CCOCC1)c1nc2c(C)cc(C)cc2s1. The van der Waals surface area contributed by atoms with Gasteiger partial charge < -0.3 is 4.74 Å². The van der Waals surface area contributed by atoms with E-state index in [1.165, 1.54) is 5.56 Å². The van der Waals surface area contributed by atoms with Gasteiger partial charge in [0.25, 0.3) is 5.91 Å². The van der Waals surface area contributed by atoms with Crippen molar-refractivity contribution < 1.29 is 9.53 Å². The fraction of sp³-hybridized carbons (Fsp3) is 0.440. The van der Waals surface area contributed by atoms with Crippen molar-refractivity contribution in [3.05, 3.63) is 53.1 Å². The van der Waals surface area contributed by atoms with E-state index in [4.69, 9.17) is 9.72 Å². The maximum absolute atomic E-state index is 13.8. The van der Waals surface area contributed by atoms with Crippen molar-refractivity contribution in [1.82, 2.24) is 9.88 Å². The first-order valence-electron chi connectivity index (χ1n) is 11.3. The van der Waals surface area contributed by atoms with E-state index < -0.39 is 0 Å². The number of hydrogen-bond acceptors (Lipinski definition) is 6. The van der Waals surface area contributed by atoms with Gasteiger partial charge in [-0.05, 0) is 55.3 Å². The lowest BCUT2D eigenvalue weighted by Crippen LogP contribution is -2.39. The van der Waals surface area contributed by atoms with E-state index in [0.717, 1.165) is 76.4 Å². The first-order chi connectivity index (χ1) is 15.6. The molecule has 7 heteroatoms. The molecule has 3 aromatic rings. The summed E-state index contributed by atoms with van der Waals surface area (Å²) in [5.74, 6) is 0.970. The van der Waals surface area contributed by atoms with Crippen molar-refractivity contribution >= 4 is 44.4 Å². The third-order valence-electron chi connectivity index (χ3n) is 5.67. The molecule has 4 rings (SSSR count). The summed E-state index contributed by atoms with van der Waals surface area (Å²) in [6.45, 7) is 11.4. The topological polar surface area (TPSA) is 45.7 Å². The molecule has 0 radical (unpaired) electrons. The summed E-state index contributed by atoms with van der Waals surface area (Å²) >= 11 is 3.33. The molecule has 2 heterocycles. The normalized spacial score (nSPS) is 14.7. The quantitative estimate of drug-likeness (QED) is 0.414. The number of aromatic nitrogens is 1. The van der Waals surface area contributed by atoms with E-state index in [1.807, 2.05) is 29.2 Å². The molecule has 0 bridgehead atoms. The van der Waals surface area contributed by atoms with Gasteiger partial charge in [-0.1, -0.05) is 36.5 Å². The van der Waals surface area contributed by atoms with Gasteiger partial charge in [-0.3, -0.25) is 14.6 Å². The van der Waals surface area contributed by atoms with Crippen LogP contribution >= 0.6 is 23.1 Å². The lowest BCUT2D eigenvalue weighted by Gasteiger charge is -2.28. The van der Waals surface area contributed by atoms with Crippen LogP contribution in [0.4, 0.5) is 5.13 Å². The Balaban J connectivity index is 1.63. The smallest absolute Gasteiger partial charge is 0.261 e. The average molecular weight is 470 g/mol. The van der Waals surface area contributed by atoms with Crippen molar-refractivity contribution in [2.45, 2.75) is 32.1 Å². The molecule has 0 N–H and O–H groups in total. The minimum atomic E-state index is 0.0389. The molecule has 170 valence electrons. The number of anilines is 1. The van der Waals surface area contributed by atoms with E-state index >= 15 is 0 Å². The molecule has 1 aliphatic rings. The van der Waals surface area contributed by atoms with Crippen LogP contribution in [0.3, 0.4) is 0 Å². The first-order valence-corrected chi connectivity index (χ1v) is 13.1. The Bertz CT molecular complexity index is 1080. The molecule has 0 saturated carbocycles. The van der Waals surface area contributed by atoms with Crippen LogP contribution in [-0.2, 0) is 4.74 Å². The lowest BCUT2D eigenvalue weighted by molar-refractivity contribution is 0.0376. The van der Waals surface area contributed by atoms with Gasteiger partial charge in [-0.15, -0.1) is 11.8 Å². The van der Waals surface area contributed by atoms with E-state index in [2.05, 4.69) is 37.8 Å². The van der Waals surface area contributed by atoms with E-state index in [0.29, 0.717) is 6.54 Å². The number of thioether (sulfide) groups is 1. The Labute approximate surface area is 198 Å². The highest BCUT2D eigenvalue weighted by Gasteiger charge is 2.24. The maximum Gasteiger partial charge on any atom is 0.261 e. The summed E-state index contributed by atoms with van der Waals surface area (Å²) in [5.41, 5.74) is 4.14. The summed E-state index contributed by atoms with van der Waals surface area (Å²) < 4.78 is 6.60. The van der Waals surface area contributed by atoms with Crippen LogP contribution in [0.1, 0.15) is 34.8 Å². The fourth-order valence-corrected chi connectivity index (χ4v) is 6.07. The molecule has 32 heavy (non-hydrogen) atoms. The van der Waals surface area contributed by atoms with E-state index in [9.17, 15) is 4.79 Å². The summed E-state index contributed by atoms with van der Waals surface area (Å²) in [4.78, 5) is 24.1. The van der Waals surface area contributed by atoms with Crippen LogP contribution in [0.15, 0.2) is 41.3 Å². The van der Waals surface area contributed by atoms with E-state index in [-0.39, 0.29) is 5.91 Å². The Hall–Kier alpha value is -1.93. The highest BCUT2D eigenvalue weighted by Crippen LogP contribution is 2.33.